The van der Waals surface area contributed by atoms with Gasteiger partial charge in [0.25, 0.3) is 5.56 Å². The number of aromatic amines is 1. The van der Waals surface area contributed by atoms with E-state index >= 15 is 0 Å². The number of pyridine rings is 3. The van der Waals surface area contributed by atoms with E-state index in [4.69, 9.17) is 9.72 Å². The number of fused-ring (bicyclic) bond motifs is 1. The summed E-state index contributed by atoms with van der Waals surface area (Å²) in [5, 5.41) is 0.000477. The molecule has 0 aliphatic carbocycles. The van der Waals surface area contributed by atoms with Gasteiger partial charge in [-0.1, -0.05) is 19.1 Å². The first-order valence-electron chi connectivity index (χ1n) is 10.9. The number of nitrogens with one attached hydrogen (secondary N) is 1. The van der Waals surface area contributed by atoms with Gasteiger partial charge in [-0.2, -0.15) is 0 Å². The number of H-pyrrole nitrogens is 1. The summed E-state index contributed by atoms with van der Waals surface area (Å²) in [5.74, 6) is 1.43. The summed E-state index contributed by atoms with van der Waals surface area (Å²) in [6.45, 7) is 1.85. The van der Waals surface area contributed by atoms with Crippen LogP contribution in [0.25, 0.3) is 22.6 Å². The highest BCUT2D eigenvalue weighted by molar-refractivity contribution is 7.91. The van der Waals surface area contributed by atoms with Gasteiger partial charge in [0.2, 0.25) is 0 Å². The van der Waals surface area contributed by atoms with Crippen molar-refractivity contribution in [3.8, 4) is 23.0 Å². The van der Waals surface area contributed by atoms with Crippen molar-refractivity contribution in [3.05, 3.63) is 95.2 Å². The summed E-state index contributed by atoms with van der Waals surface area (Å²) in [4.78, 5) is 28.8. The van der Waals surface area contributed by atoms with Crippen LogP contribution in [-0.2, 0) is 16.4 Å². The summed E-state index contributed by atoms with van der Waals surface area (Å²) in [6.07, 6.45) is 4.78. The Morgan fingerprint density at radius 3 is 2.57 bits per heavy atom. The van der Waals surface area contributed by atoms with Crippen LogP contribution in [0, 0.1) is 0 Å². The zero-order chi connectivity index (χ0) is 24.4. The first kappa shape index (κ1) is 22.5. The van der Waals surface area contributed by atoms with E-state index in [-0.39, 0.29) is 22.9 Å². The van der Waals surface area contributed by atoms with Gasteiger partial charge in [0.15, 0.2) is 20.7 Å². The molecular formula is C25H21N5O4S. The normalized spacial score (nSPS) is 11.6. The minimum absolute atomic E-state index is 0.000477. The molecule has 10 heteroatoms. The van der Waals surface area contributed by atoms with Gasteiger partial charge in [-0.15, -0.1) is 0 Å². The Hall–Kier alpha value is -4.31. The molecule has 0 unspecified atom stereocenters. The molecule has 1 aromatic carbocycles. The number of benzene rings is 1. The molecule has 5 aromatic rings. The highest BCUT2D eigenvalue weighted by Gasteiger charge is 2.15. The zero-order valence-electron chi connectivity index (χ0n) is 18.7. The predicted octanol–water partition coefficient (Wildman–Crippen LogP) is 3.82. The number of sulfone groups is 1. The number of ether oxygens (including phenoxy) is 1. The molecular weight excluding hydrogens is 466 g/mol. The van der Waals surface area contributed by atoms with Crippen molar-refractivity contribution in [3.63, 3.8) is 0 Å². The Kier molecular flexibility index (Phi) is 5.87. The molecule has 0 bridgehead atoms. The van der Waals surface area contributed by atoms with Crippen LogP contribution in [0.15, 0.2) is 89.1 Å². The Balaban J connectivity index is 1.56. The fourth-order valence-corrected chi connectivity index (χ4v) is 4.42. The third-order valence-corrected chi connectivity index (χ3v) is 7.07. The monoisotopic (exact) mass is 487 g/mol. The van der Waals surface area contributed by atoms with Crippen molar-refractivity contribution in [2.24, 2.45) is 0 Å². The van der Waals surface area contributed by atoms with Crippen molar-refractivity contribution in [2.45, 2.75) is 18.5 Å². The van der Waals surface area contributed by atoms with Gasteiger partial charge in [0.1, 0.15) is 17.2 Å². The number of aromatic nitrogens is 5. The quantitative estimate of drug-likeness (QED) is 0.371. The van der Waals surface area contributed by atoms with Crippen molar-refractivity contribution in [1.29, 1.82) is 0 Å². The van der Waals surface area contributed by atoms with E-state index in [1.54, 1.807) is 48.1 Å². The lowest BCUT2D eigenvalue weighted by Gasteiger charge is -2.10. The molecule has 9 nitrogen and oxygen atoms in total. The van der Waals surface area contributed by atoms with E-state index in [0.717, 1.165) is 5.56 Å². The van der Waals surface area contributed by atoms with E-state index < -0.39 is 9.84 Å². The molecule has 5 rings (SSSR count). The number of imidazole rings is 1. The lowest BCUT2D eigenvalue weighted by Crippen LogP contribution is -2.18. The van der Waals surface area contributed by atoms with Gasteiger partial charge < -0.3 is 14.3 Å². The molecule has 0 aliphatic heterocycles. The van der Waals surface area contributed by atoms with Crippen molar-refractivity contribution < 1.29 is 13.2 Å². The first-order chi connectivity index (χ1) is 16.9. The minimum atomic E-state index is -3.40. The molecule has 0 atom stereocenters. The van der Waals surface area contributed by atoms with Gasteiger partial charge in [-0.05, 0) is 36.4 Å². The van der Waals surface area contributed by atoms with Crippen LogP contribution in [0.3, 0.4) is 0 Å². The SMILES string of the molecule is CCS(=O)(=O)c1ccc(Oc2cc(Cn3ccccc3=O)c3nc(-c4ccccn4)[nH]c3c2)cn1. The van der Waals surface area contributed by atoms with Crippen molar-refractivity contribution in [1.82, 2.24) is 24.5 Å². The number of rotatable bonds is 7. The Labute approximate surface area is 201 Å². The van der Waals surface area contributed by atoms with E-state index in [2.05, 4.69) is 15.0 Å². The van der Waals surface area contributed by atoms with E-state index in [1.807, 2.05) is 24.3 Å². The molecule has 0 saturated heterocycles. The molecule has 1 N–H and O–H groups in total. The summed E-state index contributed by atoms with van der Waals surface area (Å²) in [5.41, 5.74) is 2.72. The zero-order valence-corrected chi connectivity index (χ0v) is 19.6. The average molecular weight is 488 g/mol. The van der Waals surface area contributed by atoms with Gasteiger partial charge in [-0.25, -0.2) is 18.4 Å². The summed E-state index contributed by atoms with van der Waals surface area (Å²) < 4.78 is 31.7. The Bertz CT molecular complexity index is 1660. The van der Waals surface area contributed by atoms with Crippen LogP contribution in [-0.4, -0.2) is 38.7 Å². The van der Waals surface area contributed by atoms with E-state index in [0.29, 0.717) is 34.1 Å². The van der Waals surface area contributed by atoms with Gasteiger partial charge in [-0.3, -0.25) is 9.78 Å². The topological polar surface area (TPSA) is 120 Å². The fraction of sp³-hybridized carbons (Fsp3) is 0.120. The molecule has 4 heterocycles. The largest absolute Gasteiger partial charge is 0.456 e. The maximum atomic E-state index is 12.3. The molecule has 0 radical (unpaired) electrons. The maximum Gasteiger partial charge on any atom is 0.250 e. The van der Waals surface area contributed by atoms with Crippen LogP contribution in [0.1, 0.15) is 12.5 Å². The van der Waals surface area contributed by atoms with Gasteiger partial charge in [0, 0.05) is 30.1 Å². The predicted molar refractivity (Wildman–Crippen MR) is 131 cm³/mol. The summed E-state index contributed by atoms with van der Waals surface area (Å²) in [7, 11) is -3.40. The van der Waals surface area contributed by atoms with Crippen LogP contribution >= 0.6 is 0 Å². The summed E-state index contributed by atoms with van der Waals surface area (Å²) in [6, 6.07) is 17.1. The maximum absolute atomic E-state index is 12.3. The third-order valence-electron chi connectivity index (χ3n) is 5.43. The number of hydrogen-bond donors (Lipinski definition) is 1. The Morgan fingerprint density at radius 1 is 1.00 bits per heavy atom. The first-order valence-corrected chi connectivity index (χ1v) is 12.5. The molecule has 0 spiro atoms. The second-order valence-electron chi connectivity index (χ2n) is 7.78. The number of hydrogen-bond acceptors (Lipinski definition) is 7. The molecule has 176 valence electrons. The standard InChI is InChI=1S/C25H21N5O4S/c1-2-35(32,33)22-10-9-18(15-27-22)34-19-13-17(16-30-12-6-4-8-23(30)31)24-21(14-19)28-25(29-24)20-7-3-5-11-26-20/h3-15H,2,16H2,1H3,(H,28,29). The smallest absolute Gasteiger partial charge is 0.250 e. The molecule has 4 aromatic heterocycles. The van der Waals surface area contributed by atoms with Crippen LogP contribution in [0.4, 0.5) is 0 Å². The Morgan fingerprint density at radius 2 is 1.86 bits per heavy atom. The second kappa shape index (κ2) is 9.15. The summed E-state index contributed by atoms with van der Waals surface area (Å²) >= 11 is 0. The van der Waals surface area contributed by atoms with E-state index in [1.165, 1.54) is 18.3 Å². The van der Waals surface area contributed by atoms with E-state index in [9.17, 15) is 13.2 Å². The lowest BCUT2D eigenvalue weighted by molar-refractivity contribution is 0.478. The van der Waals surface area contributed by atoms with Crippen LogP contribution in [0.2, 0.25) is 0 Å². The fourth-order valence-electron chi connectivity index (χ4n) is 3.63. The minimum Gasteiger partial charge on any atom is -0.456 e. The highest BCUT2D eigenvalue weighted by Crippen LogP contribution is 2.30. The molecule has 0 fully saturated rings. The number of nitrogens with zero attached hydrogens (tertiary/aromatic N) is 4. The molecule has 0 aliphatic rings. The van der Waals surface area contributed by atoms with Gasteiger partial charge >= 0.3 is 0 Å². The van der Waals surface area contributed by atoms with Crippen molar-refractivity contribution in [2.75, 3.05) is 5.75 Å². The van der Waals surface area contributed by atoms with Crippen LogP contribution < -0.4 is 10.3 Å². The van der Waals surface area contributed by atoms with Gasteiger partial charge in [0.05, 0.1) is 29.5 Å². The molecule has 0 saturated carbocycles. The lowest BCUT2D eigenvalue weighted by atomic mass is 10.1. The molecule has 0 amide bonds. The second-order valence-corrected chi connectivity index (χ2v) is 10.0. The average Bonchev–Trinajstić information content (AvgIpc) is 3.31. The highest BCUT2D eigenvalue weighted by atomic mass is 32.2. The van der Waals surface area contributed by atoms with Crippen LogP contribution in [0.5, 0.6) is 11.5 Å². The molecule has 35 heavy (non-hydrogen) atoms. The third kappa shape index (κ3) is 4.69. The van der Waals surface area contributed by atoms with Crippen molar-refractivity contribution >= 4 is 20.9 Å².